The van der Waals surface area contributed by atoms with Gasteiger partial charge >= 0.3 is 0 Å². The standard InChI is InChI=1S/C9H8/c1-7-5-6-8-3-2-4-9(7)8/h2-3,5H,6H2,1H3. The van der Waals surface area contributed by atoms with E-state index in [1.54, 1.807) is 0 Å². The van der Waals surface area contributed by atoms with Crippen LogP contribution in [0.4, 0.5) is 0 Å². The molecule has 0 unspecified atom stereocenters. The fourth-order valence-electron chi connectivity index (χ4n) is 1.30. The van der Waals surface area contributed by atoms with Gasteiger partial charge < -0.3 is 0 Å². The molecule has 0 aromatic rings. The molecule has 0 fully saturated rings. The van der Waals surface area contributed by atoms with Crippen molar-refractivity contribution in [3.63, 3.8) is 0 Å². The van der Waals surface area contributed by atoms with Crippen molar-refractivity contribution in [3.8, 4) is 0 Å². The number of rotatable bonds is 0. The van der Waals surface area contributed by atoms with Crippen molar-refractivity contribution in [2.75, 3.05) is 0 Å². The van der Waals surface area contributed by atoms with E-state index in [1.165, 1.54) is 16.7 Å². The van der Waals surface area contributed by atoms with Gasteiger partial charge in [-0.25, -0.2) is 0 Å². The van der Waals surface area contributed by atoms with Crippen molar-refractivity contribution < 1.29 is 0 Å². The van der Waals surface area contributed by atoms with Crippen molar-refractivity contribution in [1.82, 2.24) is 0 Å². The molecule has 2 aliphatic carbocycles. The number of hydrogen-bond donors (Lipinski definition) is 0. The van der Waals surface area contributed by atoms with Gasteiger partial charge in [-0.3, -0.25) is 0 Å². The van der Waals surface area contributed by atoms with Crippen LogP contribution in [0.2, 0.25) is 0 Å². The van der Waals surface area contributed by atoms with Gasteiger partial charge in [-0.15, -0.1) is 5.73 Å². The molecule has 0 heterocycles. The van der Waals surface area contributed by atoms with Crippen molar-refractivity contribution in [3.05, 3.63) is 40.7 Å². The van der Waals surface area contributed by atoms with Gasteiger partial charge in [0.05, 0.1) is 0 Å². The average molecular weight is 116 g/mol. The molecular weight excluding hydrogens is 108 g/mol. The second kappa shape index (κ2) is 1.49. The number of allylic oxidation sites excluding steroid dienone is 5. The lowest BCUT2D eigenvalue weighted by atomic mass is 10.1. The van der Waals surface area contributed by atoms with Crippen LogP contribution in [0.5, 0.6) is 0 Å². The predicted octanol–water partition coefficient (Wildman–Crippen LogP) is 2.36. The second-order valence-electron chi connectivity index (χ2n) is 2.47. The van der Waals surface area contributed by atoms with E-state index < -0.39 is 0 Å². The van der Waals surface area contributed by atoms with E-state index in [-0.39, 0.29) is 0 Å². The topological polar surface area (TPSA) is 0 Å². The minimum absolute atomic E-state index is 1.12. The summed E-state index contributed by atoms with van der Waals surface area (Å²) in [6.45, 7) is 2.14. The fourth-order valence-corrected chi connectivity index (χ4v) is 1.30. The molecule has 44 valence electrons. The van der Waals surface area contributed by atoms with Crippen LogP contribution in [-0.2, 0) is 0 Å². The van der Waals surface area contributed by atoms with Crippen molar-refractivity contribution in [1.29, 1.82) is 0 Å². The summed E-state index contributed by atoms with van der Waals surface area (Å²) >= 11 is 0. The molecule has 0 aromatic heterocycles. The highest BCUT2D eigenvalue weighted by atomic mass is 14.2. The summed E-state index contributed by atoms with van der Waals surface area (Å²) in [5.41, 5.74) is 7.35. The Labute approximate surface area is 54.9 Å². The Kier molecular flexibility index (Phi) is 0.802. The third-order valence-electron chi connectivity index (χ3n) is 1.86. The third-order valence-corrected chi connectivity index (χ3v) is 1.86. The zero-order chi connectivity index (χ0) is 6.27. The molecule has 0 aromatic carbocycles. The Morgan fingerprint density at radius 3 is 3.22 bits per heavy atom. The smallest absolute Gasteiger partial charge is 0.0226 e. The lowest BCUT2D eigenvalue weighted by molar-refractivity contribution is 1.33. The summed E-state index contributed by atoms with van der Waals surface area (Å²) in [6.07, 6.45) is 7.51. The van der Waals surface area contributed by atoms with Gasteiger partial charge in [-0.05, 0) is 36.6 Å². The maximum absolute atomic E-state index is 3.20. The molecule has 0 N–H and O–H groups in total. The Morgan fingerprint density at radius 1 is 1.56 bits per heavy atom. The molecule has 2 aliphatic rings. The van der Waals surface area contributed by atoms with Gasteiger partial charge in [-0.2, -0.15) is 0 Å². The molecule has 0 amide bonds. The molecule has 0 saturated heterocycles. The van der Waals surface area contributed by atoms with Gasteiger partial charge in [0.15, 0.2) is 0 Å². The highest BCUT2D eigenvalue weighted by molar-refractivity contribution is 5.56. The molecule has 0 saturated carbocycles. The van der Waals surface area contributed by atoms with Crippen LogP contribution < -0.4 is 0 Å². The monoisotopic (exact) mass is 116 g/mol. The van der Waals surface area contributed by atoms with E-state index >= 15 is 0 Å². The van der Waals surface area contributed by atoms with Crippen LogP contribution in [-0.4, -0.2) is 0 Å². The summed E-state index contributed by atoms with van der Waals surface area (Å²) in [6, 6.07) is 0. The average Bonchev–Trinajstić information content (AvgIpc) is 2.35. The van der Waals surface area contributed by atoms with E-state index in [9.17, 15) is 0 Å². The van der Waals surface area contributed by atoms with E-state index in [1.807, 2.05) is 6.08 Å². The minimum atomic E-state index is 1.12. The van der Waals surface area contributed by atoms with Crippen LogP contribution in [0.3, 0.4) is 0 Å². The van der Waals surface area contributed by atoms with Crippen LogP contribution in [0, 0.1) is 0 Å². The van der Waals surface area contributed by atoms with Crippen LogP contribution in [0.25, 0.3) is 0 Å². The summed E-state index contributed by atoms with van der Waals surface area (Å²) in [5.74, 6) is 0. The highest BCUT2D eigenvalue weighted by Gasteiger charge is 2.13. The molecule has 0 heteroatoms. The predicted molar refractivity (Wildman–Crippen MR) is 38.1 cm³/mol. The quantitative estimate of drug-likeness (QED) is 0.426. The van der Waals surface area contributed by atoms with Gasteiger partial charge in [-0.1, -0.05) is 6.08 Å². The molecule has 0 radical (unpaired) electrons. The van der Waals surface area contributed by atoms with Crippen LogP contribution >= 0.6 is 0 Å². The first-order valence-electron chi connectivity index (χ1n) is 3.21. The summed E-state index contributed by atoms with van der Waals surface area (Å²) in [4.78, 5) is 0. The molecular formula is C9H8. The maximum atomic E-state index is 3.20. The van der Waals surface area contributed by atoms with Crippen molar-refractivity contribution >= 4 is 0 Å². The van der Waals surface area contributed by atoms with E-state index in [4.69, 9.17) is 0 Å². The Balaban J connectivity index is 2.58. The summed E-state index contributed by atoms with van der Waals surface area (Å²) in [7, 11) is 0. The van der Waals surface area contributed by atoms with Crippen LogP contribution in [0.15, 0.2) is 40.7 Å². The molecule has 9 heavy (non-hydrogen) atoms. The van der Waals surface area contributed by atoms with E-state index in [0.717, 1.165) is 6.42 Å². The highest BCUT2D eigenvalue weighted by Crippen LogP contribution is 2.31. The molecule has 2 rings (SSSR count). The number of fused-ring (bicyclic) bond motifs is 1. The third kappa shape index (κ3) is 0.540. The molecule has 0 nitrogen and oxygen atoms in total. The van der Waals surface area contributed by atoms with Gasteiger partial charge in [0.1, 0.15) is 0 Å². The van der Waals surface area contributed by atoms with E-state index in [0.29, 0.717) is 0 Å². The first-order chi connectivity index (χ1) is 4.38. The molecule has 0 bridgehead atoms. The first kappa shape index (κ1) is 4.84. The maximum Gasteiger partial charge on any atom is 0.0226 e. The second-order valence-corrected chi connectivity index (χ2v) is 2.47. The zero-order valence-electron chi connectivity index (χ0n) is 5.44. The Hall–Kier alpha value is -1.00. The normalized spacial score (nSPS) is 21.2. The zero-order valence-corrected chi connectivity index (χ0v) is 5.44. The van der Waals surface area contributed by atoms with Crippen molar-refractivity contribution in [2.24, 2.45) is 0 Å². The minimum Gasteiger partial charge on any atom is -0.112 e. The first-order valence-corrected chi connectivity index (χ1v) is 3.21. The van der Waals surface area contributed by atoms with E-state index in [2.05, 4.69) is 24.8 Å². The summed E-state index contributed by atoms with van der Waals surface area (Å²) in [5, 5.41) is 0. The van der Waals surface area contributed by atoms with Gasteiger partial charge in [0, 0.05) is 5.57 Å². The van der Waals surface area contributed by atoms with Gasteiger partial charge in [0.2, 0.25) is 0 Å². The molecule has 0 atom stereocenters. The largest absolute Gasteiger partial charge is 0.112 e. The number of hydrogen-bond acceptors (Lipinski definition) is 0. The van der Waals surface area contributed by atoms with Crippen molar-refractivity contribution in [2.45, 2.75) is 13.3 Å². The Morgan fingerprint density at radius 2 is 2.44 bits per heavy atom. The summed E-state index contributed by atoms with van der Waals surface area (Å²) < 4.78 is 0. The fraction of sp³-hybridized carbons (Fsp3) is 0.222. The molecule has 0 spiro atoms. The lowest BCUT2D eigenvalue weighted by Gasteiger charge is -1.92. The lowest BCUT2D eigenvalue weighted by Crippen LogP contribution is -1.74. The van der Waals surface area contributed by atoms with Gasteiger partial charge in [0.25, 0.3) is 0 Å². The Bertz CT molecular complexity index is 268. The SMILES string of the molecule is CC1=CCC2=CC=C=C12. The van der Waals surface area contributed by atoms with Crippen LogP contribution in [0.1, 0.15) is 13.3 Å². The molecule has 0 aliphatic heterocycles.